The molecule has 0 saturated heterocycles. The molecule has 0 radical (unpaired) electrons. The van der Waals surface area contributed by atoms with Gasteiger partial charge in [0, 0.05) is 18.2 Å². The van der Waals surface area contributed by atoms with E-state index >= 15 is 0 Å². The van der Waals surface area contributed by atoms with Crippen molar-refractivity contribution in [3.05, 3.63) is 78.3 Å². The fourth-order valence-electron chi connectivity index (χ4n) is 5.03. The molecule has 0 spiro atoms. The summed E-state index contributed by atoms with van der Waals surface area (Å²) >= 11 is 0. The molecule has 11 nitrogen and oxygen atoms in total. The quantitative estimate of drug-likeness (QED) is 0.291. The van der Waals surface area contributed by atoms with Crippen molar-refractivity contribution in [2.45, 2.75) is 57.3 Å². The molecule has 1 saturated carbocycles. The lowest BCUT2D eigenvalue weighted by atomic mass is 9.95. The number of amides is 2. The summed E-state index contributed by atoms with van der Waals surface area (Å²) in [7, 11) is 3.19. The standard InChI is InChI=1S/C30H34N6O5/c1-39-24-14-10-21(11-15-24)19-35(28(26-9-6-18-41-26)30(38)31-23-7-4-3-5-8-23)27(37)20-36-33-29(32-34-36)22-12-16-25(40-2)17-13-22/h6,9-18,23,28H,3-5,7-8,19-20H2,1-2H3,(H,31,38)/t28-/m0/s1. The second-order valence-electron chi connectivity index (χ2n) is 10.0. The van der Waals surface area contributed by atoms with E-state index < -0.39 is 6.04 Å². The highest BCUT2D eigenvalue weighted by atomic mass is 16.5. The average molecular weight is 559 g/mol. The van der Waals surface area contributed by atoms with E-state index in [9.17, 15) is 9.59 Å². The summed E-state index contributed by atoms with van der Waals surface area (Å²) in [6, 6.07) is 17.1. The first kappa shape index (κ1) is 27.9. The maximum Gasteiger partial charge on any atom is 0.250 e. The summed E-state index contributed by atoms with van der Waals surface area (Å²) in [6.07, 6.45) is 6.64. The van der Waals surface area contributed by atoms with Crippen LogP contribution in [0.15, 0.2) is 71.3 Å². The molecule has 0 aliphatic heterocycles. The molecule has 1 N–H and O–H groups in total. The Morgan fingerprint density at radius 2 is 1.68 bits per heavy atom. The molecule has 5 rings (SSSR count). The Kier molecular flexibility index (Phi) is 8.92. The highest BCUT2D eigenvalue weighted by Crippen LogP contribution is 2.27. The number of furan rings is 1. The number of carbonyl (C=O) groups is 2. The fourth-order valence-corrected chi connectivity index (χ4v) is 5.03. The smallest absolute Gasteiger partial charge is 0.250 e. The predicted molar refractivity (Wildman–Crippen MR) is 150 cm³/mol. The van der Waals surface area contributed by atoms with Crippen LogP contribution >= 0.6 is 0 Å². The Morgan fingerprint density at radius 3 is 2.32 bits per heavy atom. The normalized spacial score (nSPS) is 14.3. The lowest BCUT2D eigenvalue weighted by molar-refractivity contribution is -0.143. The average Bonchev–Trinajstić information content (AvgIpc) is 3.71. The van der Waals surface area contributed by atoms with Gasteiger partial charge in [0.25, 0.3) is 5.91 Å². The van der Waals surface area contributed by atoms with Gasteiger partial charge in [-0.25, -0.2) is 0 Å². The number of nitrogens with one attached hydrogen (secondary N) is 1. The van der Waals surface area contributed by atoms with E-state index in [1.54, 1.807) is 38.5 Å². The van der Waals surface area contributed by atoms with Crippen molar-refractivity contribution in [3.8, 4) is 22.9 Å². The first-order valence-corrected chi connectivity index (χ1v) is 13.7. The number of tetrazole rings is 1. The summed E-state index contributed by atoms with van der Waals surface area (Å²) in [5, 5.41) is 15.8. The van der Waals surface area contributed by atoms with Crippen LogP contribution in [0.5, 0.6) is 11.5 Å². The van der Waals surface area contributed by atoms with Crippen LogP contribution in [0, 0.1) is 0 Å². The maximum atomic E-state index is 13.9. The van der Waals surface area contributed by atoms with E-state index in [2.05, 4.69) is 20.7 Å². The van der Waals surface area contributed by atoms with Gasteiger partial charge in [-0.3, -0.25) is 9.59 Å². The third kappa shape index (κ3) is 6.92. The minimum atomic E-state index is -0.980. The van der Waals surface area contributed by atoms with Crippen LogP contribution in [-0.4, -0.2) is 57.2 Å². The van der Waals surface area contributed by atoms with Crippen LogP contribution < -0.4 is 14.8 Å². The fraction of sp³-hybridized carbons (Fsp3) is 0.367. The largest absolute Gasteiger partial charge is 0.497 e. The van der Waals surface area contributed by atoms with Gasteiger partial charge in [-0.1, -0.05) is 31.4 Å². The van der Waals surface area contributed by atoms with Crippen LogP contribution in [0.2, 0.25) is 0 Å². The minimum Gasteiger partial charge on any atom is -0.497 e. The second kappa shape index (κ2) is 13.1. The Labute approximate surface area is 238 Å². The molecule has 1 aliphatic rings. The third-order valence-corrected chi connectivity index (χ3v) is 7.23. The van der Waals surface area contributed by atoms with E-state index in [1.807, 2.05) is 36.4 Å². The van der Waals surface area contributed by atoms with Crippen molar-refractivity contribution in [2.75, 3.05) is 14.2 Å². The number of hydrogen-bond donors (Lipinski definition) is 1. The van der Waals surface area contributed by atoms with Crippen LogP contribution in [-0.2, 0) is 22.7 Å². The van der Waals surface area contributed by atoms with Crippen LogP contribution in [0.3, 0.4) is 0 Å². The Hall–Kier alpha value is -4.67. The molecular formula is C30H34N6O5. The van der Waals surface area contributed by atoms with E-state index in [0.29, 0.717) is 23.1 Å². The van der Waals surface area contributed by atoms with E-state index in [0.717, 1.165) is 36.8 Å². The van der Waals surface area contributed by atoms with Gasteiger partial charge >= 0.3 is 0 Å². The van der Waals surface area contributed by atoms with Crippen LogP contribution in [0.4, 0.5) is 0 Å². The molecule has 1 atom stereocenters. The van der Waals surface area contributed by atoms with Crippen molar-refractivity contribution in [2.24, 2.45) is 0 Å². The first-order valence-electron chi connectivity index (χ1n) is 13.7. The molecule has 4 aromatic rings. The lowest BCUT2D eigenvalue weighted by Gasteiger charge is -2.32. The van der Waals surface area contributed by atoms with Crippen molar-refractivity contribution in [1.82, 2.24) is 30.4 Å². The molecule has 2 amide bonds. The molecule has 2 heterocycles. The maximum absolute atomic E-state index is 13.9. The summed E-state index contributed by atoms with van der Waals surface area (Å²) < 4.78 is 16.2. The van der Waals surface area contributed by atoms with Gasteiger partial charge in [0.2, 0.25) is 11.7 Å². The molecule has 41 heavy (non-hydrogen) atoms. The Bertz CT molecular complexity index is 1410. The SMILES string of the molecule is COc1ccc(CN(C(=O)Cn2nnc(-c3ccc(OC)cc3)n2)[C@H](C(=O)NC2CCCCC2)c2ccco2)cc1. The van der Waals surface area contributed by atoms with Gasteiger partial charge in [0.05, 0.1) is 20.5 Å². The highest BCUT2D eigenvalue weighted by Gasteiger charge is 2.35. The van der Waals surface area contributed by atoms with E-state index in [-0.39, 0.29) is 30.9 Å². The van der Waals surface area contributed by atoms with Gasteiger partial charge in [-0.05, 0) is 72.1 Å². The zero-order valence-electron chi connectivity index (χ0n) is 23.2. The minimum absolute atomic E-state index is 0.0655. The van der Waals surface area contributed by atoms with Gasteiger partial charge in [-0.2, -0.15) is 4.80 Å². The first-order chi connectivity index (χ1) is 20.0. The Balaban J connectivity index is 1.42. The van der Waals surface area contributed by atoms with Gasteiger partial charge in [0.1, 0.15) is 23.8 Å². The molecule has 214 valence electrons. The monoisotopic (exact) mass is 558 g/mol. The van der Waals surface area contributed by atoms with Gasteiger partial charge in [-0.15, -0.1) is 10.2 Å². The number of methoxy groups -OCH3 is 2. The van der Waals surface area contributed by atoms with E-state index in [4.69, 9.17) is 13.9 Å². The lowest BCUT2D eigenvalue weighted by Crippen LogP contribution is -2.47. The molecule has 1 aliphatic carbocycles. The third-order valence-electron chi connectivity index (χ3n) is 7.23. The predicted octanol–water partition coefficient (Wildman–Crippen LogP) is 4.17. The zero-order valence-corrected chi connectivity index (χ0v) is 23.2. The molecule has 1 fully saturated rings. The molecule has 11 heteroatoms. The number of ether oxygens (including phenoxy) is 2. The zero-order chi connectivity index (χ0) is 28.6. The topological polar surface area (TPSA) is 125 Å². The number of rotatable bonds is 11. The number of hydrogen-bond acceptors (Lipinski definition) is 8. The number of aromatic nitrogens is 4. The van der Waals surface area contributed by atoms with Crippen molar-refractivity contribution >= 4 is 11.8 Å². The van der Waals surface area contributed by atoms with Gasteiger partial charge < -0.3 is 24.1 Å². The van der Waals surface area contributed by atoms with Crippen LogP contribution in [0.1, 0.15) is 49.5 Å². The summed E-state index contributed by atoms with van der Waals surface area (Å²) in [5.74, 6) is 1.52. The summed E-state index contributed by atoms with van der Waals surface area (Å²) in [6.45, 7) is -0.0560. The molecule has 0 unspecified atom stereocenters. The summed E-state index contributed by atoms with van der Waals surface area (Å²) in [4.78, 5) is 30.5. The summed E-state index contributed by atoms with van der Waals surface area (Å²) in [5.41, 5.74) is 1.56. The Morgan fingerprint density at radius 1 is 1.00 bits per heavy atom. The number of benzene rings is 2. The second-order valence-corrected chi connectivity index (χ2v) is 10.0. The highest BCUT2D eigenvalue weighted by molar-refractivity contribution is 5.88. The molecule has 2 aromatic heterocycles. The van der Waals surface area contributed by atoms with Crippen molar-refractivity contribution in [1.29, 1.82) is 0 Å². The van der Waals surface area contributed by atoms with Gasteiger partial charge in [0.15, 0.2) is 6.04 Å². The molecule has 2 aromatic carbocycles. The number of nitrogens with zero attached hydrogens (tertiary/aromatic N) is 5. The van der Waals surface area contributed by atoms with E-state index in [1.165, 1.54) is 22.4 Å². The van der Waals surface area contributed by atoms with Crippen LogP contribution in [0.25, 0.3) is 11.4 Å². The van der Waals surface area contributed by atoms with Crippen molar-refractivity contribution in [3.63, 3.8) is 0 Å². The number of carbonyl (C=O) groups excluding carboxylic acids is 2. The molecular weight excluding hydrogens is 524 g/mol. The van der Waals surface area contributed by atoms with Crippen molar-refractivity contribution < 1.29 is 23.5 Å². The molecule has 0 bridgehead atoms.